The summed E-state index contributed by atoms with van der Waals surface area (Å²) in [4.78, 5) is 16.1. The van der Waals surface area contributed by atoms with Gasteiger partial charge in [-0.05, 0) is 31.5 Å². The molecule has 1 aromatic carbocycles. The lowest BCUT2D eigenvalue weighted by molar-refractivity contribution is 0.0942. The molecule has 2 rings (SSSR count). The Bertz CT molecular complexity index is 901. The van der Waals surface area contributed by atoms with Crippen LogP contribution in [-0.2, 0) is 15.8 Å². The lowest BCUT2D eigenvalue weighted by Crippen LogP contribution is -2.31. The third kappa shape index (κ3) is 5.41. The van der Waals surface area contributed by atoms with Gasteiger partial charge in [0.1, 0.15) is 11.6 Å². The van der Waals surface area contributed by atoms with Gasteiger partial charge in [0.05, 0.1) is 30.9 Å². The van der Waals surface area contributed by atoms with Gasteiger partial charge in [-0.2, -0.15) is 0 Å². The van der Waals surface area contributed by atoms with E-state index < -0.39 is 27.5 Å². The van der Waals surface area contributed by atoms with Gasteiger partial charge in [0, 0.05) is 17.7 Å². The van der Waals surface area contributed by atoms with Gasteiger partial charge in [0.15, 0.2) is 0 Å². The Kier molecular flexibility index (Phi) is 6.14. The monoisotopic (exact) mass is 381 g/mol. The van der Waals surface area contributed by atoms with Gasteiger partial charge < -0.3 is 10.1 Å². The second kappa shape index (κ2) is 8.13. The zero-order valence-corrected chi connectivity index (χ0v) is 15.4. The van der Waals surface area contributed by atoms with E-state index in [1.165, 1.54) is 31.6 Å². The summed E-state index contributed by atoms with van der Waals surface area (Å²) in [7, 11) is -2.42. The van der Waals surface area contributed by atoms with Gasteiger partial charge in [0.2, 0.25) is 10.0 Å². The quantitative estimate of drug-likeness (QED) is 0.767. The molecule has 0 spiro atoms. The van der Waals surface area contributed by atoms with Gasteiger partial charge >= 0.3 is 0 Å². The van der Waals surface area contributed by atoms with Crippen LogP contribution in [0.3, 0.4) is 0 Å². The molecular weight excluding hydrogens is 361 g/mol. The first-order valence-corrected chi connectivity index (χ1v) is 9.44. The molecule has 0 saturated heterocycles. The second-order valence-corrected chi connectivity index (χ2v) is 7.63. The Labute approximate surface area is 151 Å². The van der Waals surface area contributed by atoms with E-state index in [2.05, 4.69) is 15.0 Å². The Morgan fingerprint density at radius 1 is 1.27 bits per heavy atom. The highest BCUT2D eigenvalue weighted by Crippen LogP contribution is 2.19. The summed E-state index contributed by atoms with van der Waals surface area (Å²) in [5.74, 6) is -1.26. The molecule has 26 heavy (non-hydrogen) atoms. The van der Waals surface area contributed by atoms with Crippen molar-refractivity contribution in [3.05, 3.63) is 53.6 Å². The molecular formula is C17H20FN3O4S. The summed E-state index contributed by atoms with van der Waals surface area (Å²) in [5.41, 5.74) is 0.389. The van der Waals surface area contributed by atoms with Crippen LogP contribution in [0, 0.1) is 5.82 Å². The third-order valence-electron chi connectivity index (χ3n) is 3.30. The maximum Gasteiger partial charge on any atom is 0.251 e. The topological polar surface area (TPSA) is 97.4 Å². The van der Waals surface area contributed by atoms with Crippen molar-refractivity contribution < 1.29 is 22.3 Å². The fourth-order valence-electron chi connectivity index (χ4n) is 2.23. The van der Waals surface area contributed by atoms with Gasteiger partial charge in [-0.15, -0.1) is 0 Å². The number of ether oxygens (including phenoxy) is 1. The normalized spacial score (nSPS) is 11.3. The lowest BCUT2D eigenvalue weighted by atomic mass is 10.1. The number of halogens is 1. The Hall–Kier alpha value is -2.68. The van der Waals surface area contributed by atoms with E-state index >= 15 is 0 Å². The number of amides is 1. The van der Waals surface area contributed by atoms with Crippen LogP contribution >= 0.6 is 0 Å². The van der Waals surface area contributed by atoms with Crippen molar-refractivity contribution >= 4 is 21.6 Å². The average molecular weight is 381 g/mol. The highest BCUT2D eigenvalue weighted by atomic mass is 32.2. The van der Waals surface area contributed by atoms with Crippen LogP contribution in [0.25, 0.3) is 0 Å². The fraction of sp³-hybridized carbons (Fsp3) is 0.294. The van der Waals surface area contributed by atoms with E-state index in [0.29, 0.717) is 5.75 Å². The van der Waals surface area contributed by atoms with Gasteiger partial charge in [0.25, 0.3) is 5.91 Å². The van der Waals surface area contributed by atoms with Crippen LogP contribution in [0.2, 0.25) is 0 Å². The standard InChI is InChI=1S/C17H20FN3O4S/c1-11(2)20-17(22)16-6-13(18)5-4-12(16)10-26(23,24)21-14-7-15(25-3)9-19-8-14/h4-9,11,21H,10H2,1-3H3,(H,20,22). The number of nitrogens with one attached hydrogen (secondary N) is 2. The highest BCUT2D eigenvalue weighted by Gasteiger charge is 2.19. The van der Waals surface area contributed by atoms with Crippen LogP contribution in [0.4, 0.5) is 10.1 Å². The molecule has 0 bridgehead atoms. The number of pyridine rings is 1. The first-order valence-electron chi connectivity index (χ1n) is 7.79. The molecule has 0 saturated carbocycles. The van der Waals surface area contributed by atoms with Crippen molar-refractivity contribution in [2.75, 3.05) is 11.8 Å². The predicted molar refractivity (Wildman–Crippen MR) is 96.0 cm³/mol. The Balaban J connectivity index is 2.27. The van der Waals surface area contributed by atoms with E-state index in [0.717, 1.165) is 12.1 Å². The van der Waals surface area contributed by atoms with E-state index in [9.17, 15) is 17.6 Å². The van der Waals surface area contributed by atoms with Crippen LogP contribution in [-0.4, -0.2) is 32.5 Å². The van der Waals surface area contributed by atoms with Crippen molar-refractivity contribution in [1.82, 2.24) is 10.3 Å². The van der Waals surface area contributed by atoms with Crippen LogP contribution in [0.15, 0.2) is 36.7 Å². The lowest BCUT2D eigenvalue weighted by Gasteiger charge is -2.14. The number of carbonyl (C=O) groups excluding carboxylic acids is 1. The van der Waals surface area contributed by atoms with Crippen LogP contribution in [0.1, 0.15) is 29.8 Å². The molecule has 0 atom stereocenters. The molecule has 2 N–H and O–H groups in total. The average Bonchev–Trinajstić information content (AvgIpc) is 2.55. The molecule has 1 heterocycles. The number of aromatic nitrogens is 1. The molecule has 0 aliphatic carbocycles. The zero-order chi connectivity index (χ0) is 19.3. The molecule has 0 aliphatic rings. The molecule has 1 amide bonds. The van der Waals surface area contributed by atoms with E-state index in [1.54, 1.807) is 13.8 Å². The number of hydrogen-bond acceptors (Lipinski definition) is 5. The summed E-state index contributed by atoms with van der Waals surface area (Å²) >= 11 is 0. The number of carbonyl (C=O) groups is 1. The largest absolute Gasteiger partial charge is 0.495 e. The van der Waals surface area contributed by atoms with Crippen molar-refractivity contribution in [2.45, 2.75) is 25.6 Å². The summed E-state index contributed by atoms with van der Waals surface area (Å²) < 4.78 is 45.8. The van der Waals surface area contributed by atoms with Crippen LogP contribution < -0.4 is 14.8 Å². The molecule has 0 unspecified atom stereocenters. The van der Waals surface area contributed by atoms with Gasteiger partial charge in [-0.1, -0.05) is 6.07 Å². The third-order valence-corrected chi connectivity index (χ3v) is 4.54. The maximum atomic E-state index is 13.5. The number of anilines is 1. The molecule has 0 radical (unpaired) electrons. The maximum absolute atomic E-state index is 13.5. The van der Waals surface area contributed by atoms with Crippen molar-refractivity contribution in [3.63, 3.8) is 0 Å². The minimum Gasteiger partial charge on any atom is -0.495 e. The molecule has 7 nitrogen and oxygen atoms in total. The van der Waals surface area contributed by atoms with Gasteiger partial charge in [-0.25, -0.2) is 12.8 Å². The summed E-state index contributed by atoms with van der Waals surface area (Å²) in [6, 6.07) is 4.73. The summed E-state index contributed by atoms with van der Waals surface area (Å²) in [6.45, 7) is 3.51. The molecule has 9 heteroatoms. The van der Waals surface area contributed by atoms with Crippen molar-refractivity contribution in [3.8, 4) is 5.75 Å². The minimum atomic E-state index is -3.86. The number of benzene rings is 1. The number of hydrogen-bond donors (Lipinski definition) is 2. The van der Waals surface area contributed by atoms with Crippen molar-refractivity contribution in [2.24, 2.45) is 0 Å². The second-order valence-electron chi connectivity index (χ2n) is 5.90. The van der Waals surface area contributed by atoms with E-state index in [-0.39, 0.29) is 22.9 Å². The molecule has 0 fully saturated rings. The number of rotatable bonds is 7. The summed E-state index contributed by atoms with van der Waals surface area (Å²) in [6.07, 6.45) is 2.77. The molecule has 140 valence electrons. The van der Waals surface area contributed by atoms with E-state index in [1.807, 2.05) is 0 Å². The van der Waals surface area contributed by atoms with E-state index in [4.69, 9.17) is 4.74 Å². The Morgan fingerprint density at radius 3 is 2.65 bits per heavy atom. The first kappa shape index (κ1) is 19.6. The smallest absolute Gasteiger partial charge is 0.251 e. The number of methoxy groups -OCH3 is 1. The zero-order valence-electron chi connectivity index (χ0n) is 14.6. The minimum absolute atomic E-state index is 0.0205. The fourth-order valence-corrected chi connectivity index (χ4v) is 3.44. The van der Waals surface area contributed by atoms with Gasteiger partial charge in [-0.3, -0.25) is 14.5 Å². The molecule has 0 aliphatic heterocycles. The number of nitrogens with zero attached hydrogens (tertiary/aromatic N) is 1. The summed E-state index contributed by atoms with van der Waals surface area (Å²) in [5, 5.41) is 2.63. The molecule has 2 aromatic rings. The highest BCUT2D eigenvalue weighted by molar-refractivity contribution is 7.91. The van der Waals surface area contributed by atoms with Crippen LogP contribution in [0.5, 0.6) is 5.75 Å². The first-order chi connectivity index (χ1) is 12.2. The SMILES string of the molecule is COc1cncc(NS(=O)(=O)Cc2ccc(F)cc2C(=O)NC(C)C)c1. The molecule has 1 aromatic heterocycles. The number of sulfonamides is 1. The predicted octanol–water partition coefficient (Wildman–Crippen LogP) is 2.31. The van der Waals surface area contributed by atoms with Crippen molar-refractivity contribution in [1.29, 1.82) is 0 Å². The Morgan fingerprint density at radius 2 is 2.00 bits per heavy atom.